The number of morpholine rings is 1. The fourth-order valence-corrected chi connectivity index (χ4v) is 3.03. The second kappa shape index (κ2) is 5.99. The highest BCUT2D eigenvalue weighted by Crippen LogP contribution is 2.22. The highest BCUT2D eigenvalue weighted by Gasteiger charge is 2.32. The molecule has 2 aliphatic rings. The van der Waals surface area contributed by atoms with E-state index < -0.39 is 11.7 Å². The minimum Gasteiger partial charge on any atom is -0.399 e. The zero-order valence-electron chi connectivity index (χ0n) is 11.8. The Morgan fingerprint density at radius 2 is 2.38 bits per heavy atom. The molecule has 2 saturated heterocycles. The molecule has 0 spiro atoms. The lowest BCUT2D eigenvalue weighted by molar-refractivity contribution is -0.0462. The van der Waals surface area contributed by atoms with Crippen LogP contribution in [0.15, 0.2) is 18.2 Å². The average molecular weight is 293 g/mol. The maximum Gasteiger partial charge on any atom is 0.254 e. The number of nitrogen functional groups attached to an aromatic ring is 1. The third-order valence-electron chi connectivity index (χ3n) is 4.19. The molecule has 1 amide bonds. The normalized spacial score (nSPS) is 25.6. The van der Waals surface area contributed by atoms with E-state index in [0.717, 1.165) is 25.8 Å². The van der Waals surface area contributed by atoms with Crippen molar-refractivity contribution in [2.24, 2.45) is 0 Å². The van der Waals surface area contributed by atoms with Crippen molar-refractivity contribution in [1.29, 1.82) is 0 Å². The van der Waals surface area contributed by atoms with Gasteiger partial charge < -0.3 is 15.8 Å². The number of rotatable bonds is 3. The van der Waals surface area contributed by atoms with Gasteiger partial charge in [-0.3, -0.25) is 9.69 Å². The van der Waals surface area contributed by atoms with Crippen molar-refractivity contribution >= 4 is 11.6 Å². The molecular formula is C15H20FN3O2. The largest absolute Gasteiger partial charge is 0.399 e. The second-order valence-corrected chi connectivity index (χ2v) is 5.70. The maximum atomic E-state index is 13.7. The van der Waals surface area contributed by atoms with Crippen molar-refractivity contribution in [3.8, 4) is 0 Å². The monoisotopic (exact) mass is 293 g/mol. The predicted octanol–water partition coefficient (Wildman–Crippen LogP) is 1.00. The lowest BCUT2D eigenvalue weighted by Crippen LogP contribution is -2.50. The van der Waals surface area contributed by atoms with E-state index >= 15 is 0 Å². The lowest BCUT2D eigenvalue weighted by atomic mass is 10.1. The Labute approximate surface area is 123 Å². The van der Waals surface area contributed by atoms with Crippen LogP contribution in [0, 0.1) is 5.82 Å². The smallest absolute Gasteiger partial charge is 0.254 e. The van der Waals surface area contributed by atoms with Crippen LogP contribution in [0.3, 0.4) is 0 Å². The van der Waals surface area contributed by atoms with Crippen molar-refractivity contribution in [3.05, 3.63) is 29.6 Å². The molecule has 0 aromatic heterocycles. The molecule has 5 nitrogen and oxygen atoms in total. The lowest BCUT2D eigenvalue weighted by Gasteiger charge is -2.35. The van der Waals surface area contributed by atoms with Crippen LogP contribution in [0.25, 0.3) is 0 Å². The van der Waals surface area contributed by atoms with Gasteiger partial charge >= 0.3 is 0 Å². The number of carbonyl (C=O) groups excluding carboxylic acids is 1. The molecule has 3 rings (SSSR count). The van der Waals surface area contributed by atoms with Crippen molar-refractivity contribution in [2.45, 2.75) is 25.0 Å². The maximum absolute atomic E-state index is 13.7. The number of amides is 1. The van der Waals surface area contributed by atoms with Crippen LogP contribution >= 0.6 is 0 Å². The Morgan fingerprint density at radius 1 is 1.52 bits per heavy atom. The summed E-state index contributed by atoms with van der Waals surface area (Å²) >= 11 is 0. The van der Waals surface area contributed by atoms with E-state index in [1.165, 1.54) is 25.0 Å². The van der Waals surface area contributed by atoms with Gasteiger partial charge in [-0.25, -0.2) is 4.39 Å². The van der Waals surface area contributed by atoms with Gasteiger partial charge in [0, 0.05) is 24.8 Å². The van der Waals surface area contributed by atoms with Gasteiger partial charge in [-0.15, -0.1) is 0 Å². The van der Waals surface area contributed by atoms with Gasteiger partial charge in [-0.1, -0.05) is 0 Å². The minimum absolute atomic E-state index is 0.0130. The molecule has 2 fully saturated rings. The van der Waals surface area contributed by atoms with Crippen LogP contribution < -0.4 is 11.1 Å². The molecule has 21 heavy (non-hydrogen) atoms. The Hall–Kier alpha value is -1.66. The van der Waals surface area contributed by atoms with Gasteiger partial charge in [0.25, 0.3) is 5.91 Å². The Balaban J connectivity index is 1.54. The molecule has 114 valence electrons. The molecule has 1 aromatic carbocycles. The molecule has 6 heteroatoms. The number of anilines is 1. The number of nitrogens with one attached hydrogen (secondary N) is 1. The molecular weight excluding hydrogens is 273 g/mol. The molecule has 0 radical (unpaired) electrons. The molecule has 0 bridgehead atoms. The number of nitrogens with two attached hydrogens (primary N) is 1. The van der Waals surface area contributed by atoms with Crippen molar-refractivity contribution in [1.82, 2.24) is 10.2 Å². The number of carbonyl (C=O) groups is 1. The topological polar surface area (TPSA) is 67.6 Å². The molecule has 2 heterocycles. The van der Waals surface area contributed by atoms with Gasteiger partial charge in [-0.05, 0) is 37.6 Å². The predicted molar refractivity (Wildman–Crippen MR) is 77.5 cm³/mol. The zero-order valence-corrected chi connectivity index (χ0v) is 11.8. The summed E-state index contributed by atoms with van der Waals surface area (Å²) in [4.78, 5) is 14.4. The van der Waals surface area contributed by atoms with Crippen molar-refractivity contribution < 1.29 is 13.9 Å². The first-order chi connectivity index (χ1) is 10.1. The third kappa shape index (κ3) is 3.16. The molecule has 2 aliphatic heterocycles. The van der Waals surface area contributed by atoms with E-state index in [2.05, 4.69) is 10.2 Å². The number of fused-ring (bicyclic) bond motifs is 1. The SMILES string of the molecule is Nc1ccc(C(=O)NCC2CN3CCCC3CO2)c(F)c1. The molecule has 2 atom stereocenters. The summed E-state index contributed by atoms with van der Waals surface area (Å²) < 4.78 is 19.4. The van der Waals surface area contributed by atoms with Gasteiger partial charge in [0.05, 0.1) is 18.3 Å². The number of hydrogen-bond donors (Lipinski definition) is 2. The van der Waals surface area contributed by atoms with E-state index in [1.807, 2.05) is 0 Å². The summed E-state index contributed by atoms with van der Waals surface area (Å²) in [7, 11) is 0. The number of benzene rings is 1. The van der Waals surface area contributed by atoms with E-state index in [0.29, 0.717) is 18.3 Å². The number of hydrogen-bond acceptors (Lipinski definition) is 4. The van der Waals surface area contributed by atoms with Gasteiger partial charge in [0.15, 0.2) is 0 Å². The molecule has 0 aliphatic carbocycles. The van der Waals surface area contributed by atoms with E-state index in [1.54, 1.807) is 0 Å². The Bertz CT molecular complexity index is 538. The summed E-state index contributed by atoms with van der Waals surface area (Å²) in [5.74, 6) is -1.03. The summed E-state index contributed by atoms with van der Waals surface area (Å²) in [5, 5.41) is 2.74. The van der Waals surface area contributed by atoms with E-state index in [4.69, 9.17) is 10.5 Å². The highest BCUT2D eigenvalue weighted by atomic mass is 19.1. The van der Waals surface area contributed by atoms with Crippen LogP contribution in [0.1, 0.15) is 23.2 Å². The Morgan fingerprint density at radius 3 is 3.19 bits per heavy atom. The number of ether oxygens (including phenoxy) is 1. The van der Waals surface area contributed by atoms with Crippen molar-refractivity contribution in [2.75, 3.05) is 32.0 Å². The van der Waals surface area contributed by atoms with Crippen LogP contribution in [0.4, 0.5) is 10.1 Å². The van der Waals surface area contributed by atoms with E-state index in [9.17, 15) is 9.18 Å². The first-order valence-corrected chi connectivity index (χ1v) is 7.32. The van der Waals surface area contributed by atoms with Crippen LogP contribution in [0.2, 0.25) is 0 Å². The molecule has 0 saturated carbocycles. The molecule has 2 unspecified atom stereocenters. The van der Waals surface area contributed by atoms with Gasteiger partial charge in [-0.2, -0.15) is 0 Å². The summed E-state index contributed by atoms with van der Waals surface area (Å²) in [5.41, 5.74) is 5.79. The summed E-state index contributed by atoms with van der Waals surface area (Å²) in [6, 6.07) is 4.61. The second-order valence-electron chi connectivity index (χ2n) is 5.70. The number of nitrogens with zero attached hydrogens (tertiary/aromatic N) is 1. The summed E-state index contributed by atoms with van der Waals surface area (Å²) in [6.45, 7) is 3.04. The fraction of sp³-hybridized carbons (Fsp3) is 0.533. The first kappa shape index (κ1) is 14.3. The minimum atomic E-state index is -0.600. The van der Waals surface area contributed by atoms with Gasteiger partial charge in [0.2, 0.25) is 0 Å². The van der Waals surface area contributed by atoms with Crippen LogP contribution in [0.5, 0.6) is 0 Å². The standard InChI is InChI=1S/C15H20FN3O2/c16-14-6-10(17)3-4-13(14)15(20)18-7-12-8-19-5-1-2-11(19)9-21-12/h3-4,6,11-12H,1-2,5,7-9,17H2,(H,18,20). The van der Waals surface area contributed by atoms with E-state index in [-0.39, 0.29) is 11.7 Å². The molecule has 3 N–H and O–H groups in total. The van der Waals surface area contributed by atoms with Crippen LogP contribution in [-0.2, 0) is 4.74 Å². The first-order valence-electron chi connectivity index (χ1n) is 7.32. The van der Waals surface area contributed by atoms with Gasteiger partial charge in [0.1, 0.15) is 5.82 Å². The quantitative estimate of drug-likeness (QED) is 0.816. The fourth-order valence-electron chi connectivity index (χ4n) is 3.03. The highest BCUT2D eigenvalue weighted by molar-refractivity contribution is 5.94. The Kier molecular flexibility index (Phi) is 4.07. The summed E-state index contributed by atoms with van der Waals surface area (Å²) in [6.07, 6.45) is 2.37. The van der Waals surface area contributed by atoms with Crippen LogP contribution in [-0.4, -0.2) is 49.2 Å². The van der Waals surface area contributed by atoms with Crippen molar-refractivity contribution in [3.63, 3.8) is 0 Å². The molecule has 1 aromatic rings. The zero-order chi connectivity index (χ0) is 14.8. The number of halogens is 1. The average Bonchev–Trinajstić information content (AvgIpc) is 2.92. The third-order valence-corrected chi connectivity index (χ3v) is 4.19.